The summed E-state index contributed by atoms with van der Waals surface area (Å²) in [5.74, 6) is 0.161. The number of urea groups is 1. The summed E-state index contributed by atoms with van der Waals surface area (Å²) < 4.78 is 7.42. The van der Waals surface area contributed by atoms with Crippen molar-refractivity contribution in [2.45, 2.75) is 56.9 Å². The lowest BCUT2D eigenvalue weighted by molar-refractivity contribution is -0.137. The predicted octanol–water partition coefficient (Wildman–Crippen LogP) is 3.03. The Bertz CT molecular complexity index is 2010. The second-order valence-corrected chi connectivity index (χ2v) is 13.8. The topological polar surface area (TPSA) is 170 Å². The monoisotopic (exact) mass is 733 g/mol. The maximum absolute atomic E-state index is 13.3. The standard InChI is InChI=1S/C40H47N9O5/c1-3-41-38(52)35-33(50)34(51)39(54-35)49-25-44-32-36(42-22-30(27-13-6-4-7-14-27)28-15-8-5-9-16-28)45-31(46-37(32)49)23-43-40(53)47(2)20-21-48-19-18-26-12-10-11-17-29(26)24-48/h4-17,25,30,33-35,39,50-51H,3,18-24H2,1-2H3,(H,41,52)(H,43,53)(H,42,45,46)/t33-,34+,35-,39+/m0/s1. The van der Waals surface area contributed by atoms with Crippen LogP contribution < -0.4 is 16.0 Å². The SMILES string of the molecule is CCNC(=O)[C@H]1O[C@@H](n2cnc3c(NCC(c4ccccc4)c4ccccc4)nc(CNC(=O)N(C)CCN4CCc5ccccc5C4)nc32)[C@H](O)[C@@H]1O. The van der Waals surface area contributed by atoms with Crippen LogP contribution in [0.2, 0.25) is 0 Å². The number of nitrogens with zero attached hydrogens (tertiary/aromatic N) is 6. The highest BCUT2D eigenvalue weighted by Gasteiger charge is 2.47. The fourth-order valence-corrected chi connectivity index (χ4v) is 7.16. The molecule has 2 aromatic heterocycles. The largest absolute Gasteiger partial charge is 0.387 e. The van der Waals surface area contributed by atoms with E-state index in [9.17, 15) is 19.8 Å². The Balaban J connectivity index is 1.11. The van der Waals surface area contributed by atoms with E-state index < -0.39 is 30.4 Å². The summed E-state index contributed by atoms with van der Waals surface area (Å²) in [6.45, 7) is 5.65. The summed E-state index contributed by atoms with van der Waals surface area (Å²) >= 11 is 0. The molecule has 2 aliphatic rings. The van der Waals surface area contributed by atoms with Gasteiger partial charge in [0.15, 0.2) is 35.1 Å². The first-order valence-electron chi connectivity index (χ1n) is 18.4. The number of likely N-dealkylation sites (N-methyl/N-ethyl adjacent to an activating group) is 2. The molecule has 0 aliphatic carbocycles. The molecule has 3 amide bonds. The maximum atomic E-state index is 13.3. The molecule has 0 spiro atoms. The number of ether oxygens (including phenoxy) is 1. The zero-order valence-electron chi connectivity index (χ0n) is 30.5. The van der Waals surface area contributed by atoms with Crippen molar-refractivity contribution in [1.82, 2.24) is 40.0 Å². The van der Waals surface area contributed by atoms with Crippen molar-refractivity contribution < 1.29 is 24.5 Å². The number of hydrogen-bond donors (Lipinski definition) is 5. The molecule has 0 bridgehead atoms. The number of aliphatic hydroxyl groups is 2. The zero-order valence-corrected chi connectivity index (χ0v) is 30.5. The molecule has 7 rings (SSSR count). The van der Waals surface area contributed by atoms with Crippen molar-refractivity contribution in [2.24, 2.45) is 0 Å². The van der Waals surface area contributed by atoms with E-state index in [1.54, 1.807) is 18.9 Å². The van der Waals surface area contributed by atoms with Crippen LogP contribution in [0.1, 0.15) is 47.1 Å². The van der Waals surface area contributed by atoms with Gasteiger partial charge in [-0.2, -0.15) is 0 Å². The molecule has 0 saturated carbocycles. The van der Waals surface area contributed by atoms with Crippen LogP contribution in [0.3, 0.4) is 0 Å². The minimum absolute atomic E-state index is 0.00902. The van der Waals surface area contributed by atoms with Gasteiger partial charge in [0.05, 0.1) is 12.9 Å². The number of amides is 3. The van der Waals surface area contributed by atoms with Gasteiger partial charge in [-0.1, -0.05) is 84.9 Å². The summed E-state index contributed by atoms with van der Waals surface area (Å²) in [4.78, 5) is 44.1. The summed E-state index contributed by atoms with van der Waals surface area (Å²) in [5.41, 5.74) is 5.65. The third-order valence-corrected chi connectivity index (χ3v) is 10.2. The van der Waals surface area contributed by atoms with Gasteiger partial charge in [-0.15, -0.1) is 0 Å². The van der Waals surface area contributed by atoms with Gasteiger partial charge < -0.3 is 35.8 Å². The Hall–Kier alpha value is -5.41. The van der Waals surface area contributed by atoms with E-state index in [1.807, 2.05) is 36.4 Å². The van der Waals surface area contributed by atoms with Gasteiger partial charge in [-0.3, -0.25) is 14.3 Å². The summed E-state index contributed by atoms with van der Waals surface area (Å²) in [6.07, 6.45) is -2.90. The number of aromatic nitrogens is 4. The lowest BCUT2D eigenvalue weighted by Crippen LogP contribution is -2.42. The van der Waals surface area contributed by atoms with Crippen LogP contribution in [-0.2, 0) is 29.0 Å². The molecule has 4 atom stereocenters. The Morgan fingerprint density at radius 2 is 1.61 bits per heavy atom. The molecule has 3 aromatic carbocycles. The average molecular weight is 734 g/mol. The molecule has 14 nitrogen and oxygen atoms in total. The fraction of sp³-hybridized carbons (Fsp3) is 0.375. The van der Waals surface area contributed by atoms with Crippen LogP contribution in [0.25, 0.3) is 11.2 Å². The number of anilines is 1. The van der Waals surface area contributed by atoms with Gasteiger partial charge in [-0.05, 0) is 35.6 Å². The first kappa shape index (κ1) is 36.9. The van der Waals surface area contributed by atoms with Crippen LogP contribution >= 0.6 is 0 Å². The van der Waals surface area contributed by atoms with Crippen molar-refractivity contribution in [3.8, 4) is 0 Å². The quantitative estimate of drug-likeness (QED) is 0.121. The zero-order chi connectivity index (χ0) is 37.6. The number of carbonyl (C=O) groups excluding carboxylic acids is 2. The fourth-order valence-electron chi connectivity index (χ4n) is 7.16. The number of fused-ring (bicyclic) bond motifs is 2. The first-order chi connectivity index (χ1) is 26.3. The normalized spacial score (nSPS) is 19.8. The maximum Gasteiger partial charge on any atom is 0.317 e. The van der Waals surface area contributed by atoms with E-state index in [2.05, 4.69) is 74.4 Å². The van der Waals surface area contributed by atoms with Crippen LogP contribution in [0.5, 0.6) is 0 Å². The molecule has 14 heteroatoms. The van der Waals surface area contributed by atoms with Crippen LogP contribution in [0.15, 0.2) is 91.3 Å². The van der Waals surface area contributed by atoms with Gasteiger partial charge in [0.1, 0.15) is 12.2 Å². The van der Waals surface area contributed by atoms with Crippen LogP contribution in [0, 0.1) is 0 Å². The smallest absolute Gasteiger partial charge is 0.317 e. The first-order valence-corrected chi connectivity index (χ1v) is 18.4. The Labute approximate surface area is 314 Å². The van der Waals surface area contributed by atoms with Gasteiger partial charge in [-0.25, -0.2) is 19.7 Å². The van der Waals surface area contributed by atoms with E-state index in [1.165, 1.54) is 22.0 Å². The average Bonchev–Trinajstić information content (AvgIpc) is 3.76. The van der Waals surface area contributed by atoms with Crippen molar-refractivity contribution >= 4 is 28.9 Å². The van der Waals surface area contributed by atoms with Crippen molar-refractivity contribution in [3.05, 3.63) is 119 Å². The van der Waals surface area contributed by atoms with E-state index in [4.69, 9.17) is 14.7 Å². The number of nitrogens with one attached hydrogen (secondary N) is 3. The minimum Gasteiger partial charge on any atom is -0.387 e. The molecule has 1 saturated heterocycles. The third-order valence-electron chi connectivity index (χ3n) is 10.2. The van der Waals surface area contributed by atoms with Gasteiger partial charge >= 0.3 is 6.03 Å². The number of imidazole rings is 1. The molecular weight excluding hydrogens is 686 g/mol. The van der Waals surface area contributed by atoms with Gasteiger partial charge in [0.25, 0.3) is 5.91 Å². The van der Waals surface area contributed by atoms with Crippen molar-refractivity contribution in [1.29, 1.82) is 0 Å². The van der Waals surface area contributed by atoms with Gasteiger partial charge in [0, 0.05) is 52.2 Å². The highest BCUT2D eigenvalue weighted by atomic mass is 16.6. The van der Waals surface area contributed by atoms with E-state index in [0.29, 0.717) is 42.4 Å². The van der Waals surface area contributed by atoms with E-state index in [-0.39, 0.29) is 18.5 Å². The Morgan fingerprint density at radius 3 is 2.31 bits per heavy atom. The predicted molar refractivity (Wildman–Crippen MR) is 203 cm³/mol. The van der Waals surface area contributed by atoms with E-state index >= 15 is 0 Å². The number of benzene rings is 3. The molecular formula is C40H47N9O5. The minimum atomic E-state index is -1.47. The lowest BCUT2D eigenvalue weighted by Gasteiger charge is -2.30. The summed E-state index contributed by atoms with van der Waals surface area (Å²) in [5, 5.41) is 30.9. The number of hydrogen-bond acceptors (Lipinski definition) is 10. The second kappa shape index (κ2) is 16.7. The highest BCUT2D eigenvalue weighted by molar-refractivity contribution is 5.84. The van der Waals surface area contributed by atoms with Gasteiger partial charge in [0.2, 0.25) is 0 Å². The molecule has 0 radical (unpaired) electrons. The molecule has 282 valence electrons. The molecule has 5 N–H and O–H groups in total. The molecule has 0 unspecified atom stereocenters. The number of rotatable bonds is 13. The van der Waals surface area contributed by atoms with Crippen molar-refractivity contribution in [3.63, 3.8) is 0 Å². The highest BCUT2D eigenvalue weighted by Crippen LogP contribution is 2.33. The van der Waals surface area contributed by atoms with Crippen LogP contribution in [0.4, 0.5) is 10.6 Å². The summed E-state index contributed by atoms with van der Waals surface area (Å²) in [7, 11) is 1.77. The molecule has 54 heavy (non-hydrogen) atoms. The Morgan fingerprint density at radius 1 is 0.926 bits per heavy atom. The van der Waals surface area contributed by atoms with Crippen LogP contribution in [-0.4, -0.2) is 110 Å². The third kappa shape index (κ3) is 8.06. The number of aliphatic hydroxyl groups excluding tert-OH is 2. The molecule has 1 fully saturated rings. The van der Waals surface area contributed by atoms with Crippen molar-refractivity contribution in [2.75, 3.05) is 45.1 Å². The van der Waals surface area contributed by atoms with E-state index in [0.717, 1.165) is 37.2 Å². The summed E-state index contributed by atoms with van der Waals surface area (Å²) in [6, 6.07) is 28.6. The number of carbonyl (C=O) groups is 2. The molecule has 5 aromatic rings. The molecule has 2 aliphatic heterocycles. The lowest BCUT2D eigenvalue weighted by atomic mass is 9.91. The Kier molecular flexibility index (Phi) is 11.4. The second-order valence-electron chi connectivity index (χ2n) is 13.8. The molecule has 4 heterocycles.